The topological polar surface area (TPSA) is 24.9 Å². The number of rotatable bonds is 4. The molecule has 1 heterocycles. The minimum absolute atomic E-state index is 0.906. The van der Waals surface area contributed by atoms with Crippen LogP contribution >= 0.6 is 27.3 Å². The zero-order chi connectivity index (χ0) is 12.3. The lowest BCUT2D eigenvalue weighted by Gasteiger charge is -2.00. The van der Waals surface area contributed by atoms with Crippen molar-refractivity contribution in [1.82, 2.24) is 10.3 Å². The molecule has 1 aromatic heterocycles. The van der Waals surface area contributed by atoms with Crippen LogP contribution in [0.25, 0.3) is 10.6 Å². The Morgan fingerprint density at radius 2 is 2.24 bits per heavy atom. The highest BCUT2D eigenvalue weighted by molar-refractivity contribution is 9.10. The number of nitrogens with one attached hydrogen (secondary N) is 1. The standard InChI is InChI=1S/C13H15BrN2S/c1-3-15-7-11-8-16-13(17-11)10-4-5-12(14)9(2)6-10/h4-6,8,15H,3,7H2,1-2H3. The van der Waals surface area contributed by atoms with Crippen LogP contribution in [0.15, 0.2) is 28.9 Å². The normalized spacial score (nSPS) is 10.8. The van der Waals surface area contributed by atoms with Gasteiger partial charge >= 0.3 is 0 Å². The van der Waals surface area contributed by atoms with Crippen molar-refractivity contribution in [2.75, 3.05) is 6.54 Å². The van der Waals surface area contributed by atoms with Gasteiger partial charge in [0.15, 0.2) is 0 Å². The first kappa shape index (κ1) is 12.7. The molecule has 0 spiro atoms. The van der Waals surface area contributed by atoms with E-state index in [1.807, 2.05) is 6.20 Å². The molecule has 0 atom stereocenters. The third-order valence-electron chi connectivity index (χ3n) is 2.51. The average Bonchev–Trinajstić information content (AvgIpc) is 2.79. The Hall–Kier alpha value is -0.710. The first-order valence-corrected chi connectivity index (χ1v) is 7.23. The molecular weight excluding hydrogens is 296 g/mol. The van der Waals surface area contributed by atoms with Crippen LogP contribution in [-0.2, 0) is 6.54 Å². The molecule has 0 bridgehead atoms. The van der Waals surface area contributed by atoms with Gasteiger partial charge in [0.05, 0.1) is 0 Å². The van der Waals surface area contributed by atoms with Gasteiger partial charge in [0.2, 0.25) is 0 Å². The number of nitrogens with zero attached hydrogens (tertiary/aromatic N) is 1. The maximum absolute atomic E-state index is 4.47. The van der Waals surface area contributed by atoms with Gasteiger partial charge in [-0.3, -0.25) is 0 Å². The number of aromatic nitrogens is 1. The van der Waals surface area contributed by atoms with Crippen LogP contribution in [0.5, 0.6) is 0 Å². The van der Waals surface area contributed by atoms with Crippen molar-refractivity contribution in [3.63, 3.8) is 0 Å². The molecular formula is C13H15BrN2S. The largest absolute Gasteiger partial charge is 0.312 e. The molecule has 0 radical (unpaired) electrons. The summed E-state index contributed by atoms with van der Waals surface area (Å²) in [6.07, 6.45) is 1.96. The molecule has 1 aromatic carbocycles. The SMILES string of the molecule is CCNCc1cnc(-c2ccc(Br)c(C)c2)s1. The van der Waals surface area contributed by atoms with E-state index >= 15 is 0 Å². The van der Waals surface area contributed by atoms with E-state index in [9.17, 15) is 0 Å². The molecule has 1 N–H and O–H groups in total. The van der Waals surface area contributed by atoms with Crippen LogP contribution in [0.3, 0.4) is 0 Å². The number of hydrogen-bond acceptors (Lipinski definition) is 3. The fraction of sp³-hybridized carbons (Fsp3) is 0.308. The summed E-state index contributed by atoms with van der Waals surface area (Å²) in [5, 5.41) is 4.40. The number of halogens is 1. The van der Waals surface area contributed by atoms with Crippen molar-refractivity contribution in [3.8, 4) is 10.6 Å². The molecule has 2 rings (SSSR count). The fourth-order valence-corrected chi connectivity index (χ4v) is 2.67. The maximum Gasteiger partial charge on any atom is 0.123 e. The third kappa shape index (κ3) is 3.15. The molecule has 2 aromatic rings. The van der Waals surface area contributed by atoms with Crippen LogP contribution in [0, 0.1) is 6.92 Å². The molecule has 0 aliphatic carbocycles. The molecule has 0 amide bonds. The highest BCUT2D eigenvalue weighted by Gasteiger charge is 2.05. The van der Waals surface area contributed by atoms with E-state index in [0.29, 0.717) is 0 Å². The predicted molar refractivity (Wildman–Crippen MR) is 77.4 cm³/mol. The van der Waals surface area contributed by atoms with Gasteiger partial charge < -0.3 is 5.32 Å². The van der Waals surface area contributed by atoms with Crippen LogP contribution in [0.2, 0.25) is 0 Å². The summed E-state index contributed by atoms with van der Waals surface area (Å²) in [4.78, 5) is 5.75. The number of benzene rings is 1. The van der Waals surface area contributed by atoms with Crippen molar-refractivity contribution < 1.29 is 0 Å². The van der Waals surface area contributed by atoms with Gasteiger partial charge in [-0.1, -0.05) is 28.9 Å². The van der Waals surface area contributed by atoms with E-state index in [4.69, 9.17) is 0 Å². The monoisotopic (exact) mass is 310 g/mol. The predicted octanol–water partition coefficient (Wildman–Crippen LogP) is 3.99. The molecule has 4 heteroatoms. The zero-order valence-corrected chi connectivity index (χ0v) is 12.4. The molecule has 0 fully saturated rings. The minimum Gasteiger partial charge on any atom is -0.312 e. The number of thiazole rings is 1. The minimum atomic E-state index is 0.906. The van der Waals surface area contributed by atoms with Gasteiger partial charge in [0, 0.05) is 27.7 Å². The van der Waals surface area contributed by atoms with Crippen molar-refractivity contribution in [3.05, 3.63) is 39.3 Å². The summed E-state index contributed by atoms with van der Waals surface area (Å²) < 4.78 is 1.14. The van der Waals surface area contributed by atoms with Gasteiger partial charge in [-0.05, 0) is 31.2 Å². The highest BCUT2D eigenvalue weighted by Crippen LogP contribution is 2.28. The van der Waals surface area contributed by atoms with Crippen molar-refractivity contribution in [2.24, 2.45) is 0 Å². The van der Waals surface area contributed by atoms with Crippen molar-refractivity contribution in [1.29, 1.82) is 0 Å². The van der Waals surface area contributed by atoms with E-state index in [0.717, 1.165) is 22.6 Å². The lowest BCUT2D eigenvalue weighted by molar-refractivity contribution is 0.734. The Labute approximate surface area is 114 Å². The van der Waals surface area contributed by atoms with Crippen molar-refractivity contribution in [2.45, 2.75) is 20.4 Å². The summed E-state index contributed by atoms with van der Waals surface area (Å²) in [7, 11) is 0. The first-order chi connectivity index (χ1) is 8.20. The summed E-state index contributed by atoms with van der Waals surface area (Å²) in [6, 6.07) is 6.35. The Bertz CT molecular complexity index is 508. The van der Waals surface area contributed by atoms with E-state index in [1.54, 1.807) is 11.3 Å². The van der Waals surface area contributed by atoms with Crippen LogP contribution in [0.4, 0.5) is 0 Å². The second-order valence-electron chi connectivity index (χ2n) is 3.88. The molecule has 0 saturated carbocycles. The van der Waals surface area contributed by atoms with E-state index in [1.165, 1.54) is 16.0 Å². The van der Waals surface area contributed by atoms with Crippen LogP contribution < -0.4 is 5.32 Å². The first-order valence-electron chi connectivity index (χ1n) is 5.62. The third-order valence-corrected chi connectivity index (χ3v) is 4.44. The fourth-order valence-electron chi connectivity index (χ4n) is 1.55. The average molecular weight is 311 g/mol. The smallest absolute Gasteiger partial charge is 0.123 e. The summed E-state index contributed by atoms with van der Waals surface area (Å²) in [5.41, 5.74) is 2.43. The Kier molecular flexibility index (Phi) is 4.31. The highest BCUT2D eigenvalue weighted by atomic mass is 79.9. The lowest BCUT2D eigenvalue weighted by Crippen LogP contribution is -2.10. The number of aryl methyl sites for hydroxylation is 1. The quantitative estimate of drug-likeness (QED) is 0.923. The van der Waals surface area contributed by atoms with Crippen molar-refractivity contribution >= 4 is 27.3 Å². The maximum atomic E-state index is 4.47. The second kappa shape index (κ2) is 5.76. The second-order valence-corrected chi connectivity index (χ2v) is 5.85. The van der Waals surface area contributed by atoms with E-state index in [-0.39, 0.29) is 0 Å². The van der Waals surface area contributed by atoms with Gasteiger partial charge in [-0.2, -0.15) is 0 Å². The zero-order valence-electron chi connectivity index (χ0n) is 9.96. The Morgan fingerprint density at radius 3 is 2.94 bits per heavy atom. The molecule has 17 heavy (non-hydrogen) atoms. The lowest BCUT2D eigenvalue weighted by atomic mass is 10.1. The molecule has 0 aliphatic heterocycles. The van der Waals surface area contributed by atoms with Crippen LogP contribution in [0.1, 0.15) is 17.4 Å². The molecule has 0 aliphatic rings. The molecule has 90 valence electrons. The van der Waals surface area contributed by atoms with Gasteiger partial charge in [-0.25, -0.2) is 4.98 Å². The van der Waals surface area contributed by atoms with Crippen LogP contribution in [-0.4, -0.2) is 11.5 Å². The van der Waals surface area contributed by atoms with Gasteiger partial charge in [0.25, 0.3) is 0 Å². The Morgan fingerprint density at radius 1 is 1.41 bits per heavy atom. The number of hydrogen-bond donors (Lipinski definition) is 1. The summed E-state index contributed by atoms with van der Waals surface area (Å²) in [6.45, 7) is 6.11. The van der Waals surface area contributed by atoms with Gasteiger partial charge in [-0.15, -0.1) is 11.3 Å². The van der Waals surface area contributed by atoms with E-state index in [2.05, 4.69) is 58.3 Å². The Balaban J connectivity index is 2.21. The molecule has 0 unspecified atom stereocenters. The summed E-state index contributed by atoms with van der Waals surface area (Å²) >= 11 is 5.27. The molecule has 2 nitrogen and oxygen atoms in total. The molecule has 0 saturated heterocycles. The van der Waals surface area contributed by atoms with E-state index < -0.39 is 0 Å². The van der Waals surface area contributed by atoms with Gasteiger partial charge in [0.1, 0.15) is 5.01 Å². The summed E-state index contributed by atoms with van der Waals surface area (Å²) in [5.74, 6) is 0.